The molecule has 6 aromatic rings. The van der Waals surface area contributed by atoms with Crippen LogP contribution in [-0.2, 0) is 23.0 Å². The third kappa shape index (κ3) is 9.37. The number of carbonyl (C=O) groups excluding carboxylic acids is 1. The Balaban J connectivity index is 1.06. The lowest BCUT2D eigenvalue weighted by atomic mass is 9.99. The van der Waals surface area contributed by atoms with E-state index in [4.69, 9.17) is 16.3 Å². The second-order valence-corrected chi connectivity index (χ2v) is 16.3. The van der Waals surface area contributed by atoms with Gasteiger partial charge in [-0.3, -0.25) is 19.8 Å². The second-order valence-electron chi connectivity index (χ2n) is 13.1. The van der Waals surface area contributed by atoms with E-state index in [1.807, 2.05) is 53.9 Å². The molecule has 56 heavy (non-hydrogen) atoms. The van der Waals surface area contributed by atoms with Crippen molar-refractivity contribution in [1.82, 2.24) is 9.62 Å². The highest BCUT2D eigenvalue weighted by molar-refractivity contribution is 7.90. The quantitative estimate of drug-likeness (QED) is 0.0818. The average molecular weight is 808 g/mol. The van der Waals surface area contributed by atoms with E-state index in [0.717, 1.165) is 47.4 Å². The van der Waals surface area contributed by atoms with Gasteiger partial charge in [-0.2, -0.15) is 0 Å². The first-order valence-electron chi connectivity index (χ1n) is 17.9. The van der Waals surface area contributed by atoms with E-state index >= 15 is 0 Å². The minimum absolute atomic E-state index is 0.0139. The third-order valence-electron chi connectivity index (χ3n) is 9.46. The molecule has 0 saturated carbocycles. The van der Waals surface area contributed by atoms with Gasteiger partial charge >= 0.3 is 0 Å². The van der Waals surface area contributed by atoms with Gasteiger partial charge in [0.05, 0.1) is 15.4 Å². The van der Waals surface area contributed by atoms with Crippen molar-refractivity contribution in [3.8, 4) is 22.6 Å². The van der Waals surface area contributed by atoms with Gasteiger partial charge in [0.1, 0.15) is 17.2 Å². The number of anilines is 2. The second kappa shape index (κ2) is 17.4. The molecule has 286 valence electrons. The van der Waals surface area contributed by atoms with Crippen molar-refractivity contribution in [2.75, 3.05) is 42.9 Å². The molecule has 2 heterocycles. The molecule has 0 aliphatic carbocycles. The molecule has 5 aromatic carbocycles. The number of carbonyl (C=O) groups is 1. The number of para-hydroxylation sites is 1. The highest BCUT2D eigenvalue weighted by Gasteiger charge is 2.27. The van der Waals surface area contributed by atoms with Gasteiger partial charge in [-0.25, -0.2) is 13.1 Å². The molecule has 0 atom stereocenters. The van der Waals surface area contributed by atoms with Crippen LogP contribution in [0.15, 0.2) is 138 Å². The summed E-state index contributed by atoms with van der Waals surface area (Å²) in [7, 11) is -4.52. The van der Waals surface area contributed by atoms with Crippen LogP contribution >= 0.6 is 22.9 Å². The van der Waals surface area contributed by atoms with E-state index in [9.17, 15) is 23.3 Å². The summed E-state index contributed by atoms with van der Waals surface area (Å²) in [5, 5.41) is 17.6. The monoisotopic (exact) mass is 807 g/mol. The predicted octanol–water partition coefficient (Wildman–Crippen LogP) is 8.86. The Bertz CT molecular complexity index is 2420. The topological polar surface area (TPSA) is 134 Å². The first-order valence-corrected chi connectivity index (χ1v) is 20.7. The summed E-state index contributed by atoms with van der Waals surface area (Å²) >= 11 is 7.72. The fourth-order valence-corrected chi connectivity index (χ4v) is 8.38. The van der Waals surface area contributed by atoms with E-state index in [-0.39, 0.29) is 17.0 Å². The summed E-state index contributed by atoms with van der Waals surface area (Å²) in [4.78, 5) is 30.3. The van der Waals surface area contributed by atoms with E-state index in [1.54, 1.807) is 47.7 Å². The molecular formula is C42H38ClN5O6S2. The highest BCUT2D eigenvalue weighted by atomic mass is 35.5. The summed E-state index contributed by atoms with van der Waals surface area (Å²) in [6.07, 6.45) is 0.647. The van der Waals surface area contributed by atoms with Crippen LogP contribution in [-0.4, -0.2) is 56.9 Å². The summed E-state index contributed by atoms with van der Waals surface area (Å²) in [5.41, 5.74) is 4.05. The lowest BCUT2D eigenvalue weighted by molar-refractivity contribution is -0.384. The Kier molecular flexibility index (Phi) is 12.0. The Morgan fingerprint density at radius 2 is 1.61 bits per heavy atom. The molecule has 11 nitrogen and oxygen atoms in total. The van der Waals surface area contributed by atoms with Crippen LogP contribution in [0.2, 0.25) is 5.02 Å². The van der Waals surface area contributed by atoms with Crippen molar-refractivity contribution in [2.24, 2.45) is 0 Å². The lowest BCUT2D eigenvalue weighted by Crippen LogP contribution is -2.46. The van der Waals surface area contributed by atoms with Crippen LogP contribution in [0.3, 0.4) is 0 Å². The first kappa shape index (κ1) is 38.5. The molecule has 0 spiro atoms. The first-order chi connectivity index (χ1) is 27.1. The van der Waals surface area contributed by atoms with Crippen LogP contribution in [0.25, 0.3) is 11.1 Å². The maximum atomic E-state index is 13.7. The SMILES string of the molecule is O=C(NS(=O)(=O)c1ccc(NCCc2cccs2)c([N+](=O)[O-])c1)c1ccc(N2CCN(Cc3ccccc3-c3ccc(Cl)cc3)CC2)cc1Oc1ccccc1. The summed E-state index contributed by atoms with van der Waals surface area (Å²) in [6, 6.07) is 37.6. The Labute approximate surface area is 334 Å². The zero-order valence-corrected chi connectivity index (χ0v) is 32.5. The molecule has 1 fully saturated rings. The smallest absolute Gasteiger partial charge is 0.293 e. The number of nitro groups is 1. The van der Waals surface area contributed by atoms with Gasteiger partial charge in [-0.1, -0.05) is 72.3 Å². The number of benzene rings is 5. The average Bonchev–Trinajstić information content (AvgIpc) is 3.73. The molecule has 0 radical (unpaired) electrons. The molecule has 7 rings (SSSR count). The highest BCUT2D eigenvalue weighted by Crippen LogP contribution is 2.33. The lowest BCUT2D eigenvalue weighted by Gasteiger charge is -2.36. The number of piperazine rings is 1. The van der Waals surface area contributed by atoms with E-state index in [0.29, 0.717) is 36.8 Å². The molecule has 0 unspecified atom stereocenters. The van der Waals surface area contributed by atoms with Gasteiger partial charge < -0.3 is 15.0 Å². The zero-order chi connectivity index (χ0) is 39.1. The Hall–Kier alpha value is -5.73. The zero-order valence-electron chi connectivity index (χ0n) is 30.1. The van der Waals surface area contributed by atoms with Crippen LogP contribution < -0.4 is 19.7 Å². The van der Waals surface area contributed by atoms with Crippen LogP contribution in [0, 0.1) is 10.1 Å². The fraction of sp³-hybridized carbons (Fsp3) is 0.167. The number of amides is 1. The third-order valence-corrected chi connectivity index (χ3v) is 12.0. The van der Waals surface area contributed by atoms with Gasteiger partial charge in [0.25, 0.3) is 21.6 Å². The van der Waals surface area contributed by atoms with Crippen molar-refractivity contribution in [3.63, 3.8) is 0 Å². The van der Waals surface area contributed by atoms with Crippen molar-refractivity contribution in [1.29, 1.82) is 0 Å². The number of nitrogens with one attached hydrogen (secondary N) is 2. The summed E-state index contributed by atoms with van der Waals surface area (Å²) in [6.45, 7) is 4.20. The number of halogens is 1. The minimum Gasteiger partial charge on any atom is -0.456 e. The van der Waals surface area contributed by atoms with Gasteiger partial charge in [0.2, 0.25) is 0 Å². The number of nitro benzene ring substituents is 1. The Morgan fingerprint density at radius 1 is 0.857 bits per heavy atom. The minimum atomic E-state index is -4.52. The van der Waals surface area contributed by atoms with Crippen LogP contribution in [0.4, 0.5) is 17.1 Å². The normalized spacial score (nSPS) is 13.3. The molecule has 2 N–H and O–H groups in total. The van der Waals surface area contributed by atoms with Crippen molar-refractivity contribution in [3.05, 3.63) is 164 Å². The number of sulfonamides is 1. The van der Waals surface area contributed by atoms with Crippen molar-refractivity contribution >= 4 is 55.9 Å². The van der Waals surface area contributed by atoms with Gasteiger partial charge in [0, 0.05) is 67.0 Å². The molecule has 1 aromatic heterocycles. The maximum absolute atomic E-state index is 13.7. The number of ether oxygens (including phenoxy) is 1. The van der Waals surface area contributed by atoms with Crippen LogP contribution in [0.1, 0.15) is 20.8 Å². The number of nitrogens with zero attached hydrogens (tertiary/aromatic N) is 3. The molecular weight excluding hydrogens is 770 g/mol. The number of thiophene rings is 1. The molecule has 1 saturated heterocycles. The van der Waals surface area contributed by atoms with E-state index < -0.39 is 31.4 Å². The van der Waals surface area contributed by atoms with E-state index in [2.05, 4.69) is 38.0 Å². The standard InChI is InChI=1S/C42H38ClN5O6S2/c43-32-14-12-30(13-15-32)37-11-5-4-7-31(37)29-46-22-24-47(25-23-46)33-16-18-38(41(27-33)54-34-8-2-1-3-9-34)42(49)45-56(52,53)36-17-19-39(40(28-36)48(50)51)44-21-20-35-10-6-26-55-35/h1-19,26-28,44H,20-25,29H2,(H,45,49). The fourth-order valence-electron chi connectivity index (χ4n) is 6.56. The van der Waals surface area contributed by atoms with Crippen molar-refractivity contribution in [2.45, 2.75) is 17.9 Å². The van der Waals surface area contributed by atoms with E-state index in [1.165, 1.54) is 23.8 Å². The molecule has 1 amide bonds. The summed E-state index contributed by atoms with van der Waals surface area (Å²) < 4.78 is 35.3. The molecule has 14 heteroatoms. The van der Waals surface area contributed by atoms with Gasteiger partial charge in [-0.15, -0.1) is 11.3 Å². The predicted molar refractivity (Wildman–Crippen MR) is 222 cm³/mol. The van der Waals surface area contributed by atoms with Gasteiger partial charge in [-0.05, 0) is 83.1 Å². The maximum Gasteiger partial charge on any atom is 0.293 e. The van der Waals surface area contributed by atoms with Gasteiger partial charge in [0.15, 0.2) is 0 Å². The summed E-state index contributed by atoms with van der Waals surface area (Å²) in [5.74, 6) is -0.312. The Morgan fingerprint density at radius 3 is 2.34 bits per heavy atom. The van der Waals surface area contributed by atoms with Crippen LogP contribution in [0.5, 0.6) is 11.5 Å². The number of hydrogen-bond acceptors (Lipinski definition) is 10. The number of hydrogen-bond donors (Lipinski definition) is 2. The molecule has 0 bridgehead atoms. The van der Waals surface area contributed by atoms with Crippen molar-refractivity contribution < 1.29 is 22.9 Å². The largest absolute Gasteiger partial charge is 0.456 e. The number of rotatable bonds is 14. The molecule has 1 aliphatic heterocycles. The molecule has 1 aliphatic rings.